The second kappa shape index (κ2) is 16.9. The van der Waals surface area contributed by atoms with Crippen LogP contribution >= 0.6 is 0 Å². The molecule has 0 N–H and O–H groups in total. The normalized spacial score (nSPS) is 39.0. The van der Waals surface area contributed by atoms with E-state index in [1.165, 1.54) is 63.9 Å². The van der Waals surface area contributed by atoms with Crippen LogP contribution in [0.5, 0.6) is 0 Å². The summed E-state index contributed by atoms with van der Waals surface area (Å²) in [5.74, 6) is -1.63. The maximum atomic E-state index is 11.9. The topological polar surface area (TPSA) is 91.6 Å². The molecule has 3 saturated carbocycles. The number of carbonyl (C=O) groups excluding carboxylic acids is 1. The van der Waals surface area contributed by atoms with Crippen molar-refractivity contribution in [2.24, 2.45) is 0 Å². The van der Waals surface area contributed by atoms with E-state index in [-0.39, 0.29) is 43.2 Å². The highest BCUT2D eigenvalue weighted by Gasteiger charge is 2.48. The fourth-order valence-electron chi connectivity index (χ4n) is 8.13. The predicted molar refractivity (Wildman–Crippen MR) is 171 cm³/mol. The minimum absolute atomic E-state index is 0.0114. The molecule has 8 nitrogen and oxygen atoms in total. The molecule has 0 radical (unpaired) electrons. The fraction of sp³-hybridized carbons (Fsp3) is 0.919. The molecule has 6 rings (SSSR count). The summed E-state index contributed by atoms with van der Waals surface area (Å²) < 4.78 is 45.5. The molecular weight excluding hydrogens is 572 g/mol. The molecule has 0 amide bonds. The molecule has 0 spiro atoms. The molecule has 6 fully saturated rings. The number of hydrogen-bond donors (Lipinski definition) is 0. The summed E-state index contributed by atoms with van der Waals surface area (Å²) >= 11 is 0. The lowest BCUT2D eigenvalue weighted by molar-refractivity contribution is -0.423. The maximum absolute atomic E-state index is 11.9. The molecule has 3 aliphatic carbocycles. The zero-order chi connectivity index (χ0) is 30.9. The SMILES string of the molecule is C=CC(=O)OCCCC(OC1CCCCCCC2OC2C1)(OC1CCCCCCC2OC2C1)OC1CCCCCCC2OC2C1. The summed E-state index contributed by atoms with van der Waals surface area (Å²) in [6, 6.07) is 0. The van der Waals surface area contributed by atoms with Crippen molar-refractivity contribution in [3.8, 4) is 0 Å². The van der Waals surface area contributed by atoms with Crippen LogP contribution in [0.3, 0.4) is 0 Å². The second-order valence-electron chi connectivity index (χ2n) is 14.7. The lowest BCUT2D eigenvalue weighted by Crippen LogP contribution is -2.48. The zero-order valence-electron chi connectivity index (χ0n) is 27.7. The molecule has 45 heavy (non-hydrogen) atoms. The third-order valence-electron chi connectivity index (χ3n) is 10.9. The Labute approximate surface area is 271 Å². The van der Waals surface area contributed by atoms with Crippen LogP contribution in [0, 0.1) is 0 Å². The lowest BCUT2D eigenvalue weighted by atomic mass is 9.98. The average molecular weight is 633 g/mol. The van der Waals surface area contributed by atoms with Gasteiger partial charge in [-0.1, -0.05) is 83.6 Å². The Hall–Kier alpha value is -1.03. The van der Waals surface area contributed by atoms with Gasteiger partial charge in [0.25, 0.3) is 5.97 Å². The standard InChI is InChI=1S/C37H60O8/c1-2-36(38)39-23-15-22-37(43-27-16-9-3-6-12-19-30-33(24-27)40-30,44-28-17-10-4-7-13-20-31-34(25-28)41-31)45-29-18-11-5-8-14-21-32-35(26-29)42-32/h2,27-35H,1,3-26H2. The molecule has 8 heteroatoms. The minimum atomic E-state index is -1.22. The first-order valence-corrected chi connectivity index (χ1v) is 18.9. The molecule has 0 aromatic carbocycles. The highest BCUT2D eigenvalue weighted by Crippen LogP contribution is 2.42. The minimum Gasteiger partial charge on any atom is -0.463 e. The van der Waals surface area contributed by atoms with Gasteiger partial charge in [-0.25, -0.2) is 4.79 Å². The number of esters is 1. The average Bonchev–Trinajstić information content (AvgIpc) is 3.96. The van der Waals surface area contributed by atoms with Gasteiger partial charge in [-0.3, -0.25) is 0 Å². The first-order chi connectivity index (χ1) is 22.1. The van der Waals surface area contributed by atoms with Crippen molar-refractivity contribution in [1.82, 2.24) is 0 Å². The second-order valence-corrected chi connectivity index (χ2v) is 14.7. The van der Waals surface area contributed by atoms with Gasteiger partial charge in [0.2, 0.25) is 0 Å². The van der Waals surface area contributed by atoms with E-state index in [0.29, 0.717) is 31.2 Å². The molecule has 0 bridgehead atoms. The third kappa shape index (κ3) is 11.0. The highest BCUT2D eigenvalue weighted by molar-refractivity contribution is 5.81. The number of epoxide rings is 3. The van der Waals surface area contributed by atoms with Crippen LogP contribution in [0.1, 0.15) is 148 Å². The highest BCUT2D eigenvalue weighted by atomic mass is 16.9. The summed E-state index contributed by atoms with van der Waals surface area (Å²) in [5.41, 5.74) is 0. The van der Waals surface area contributed by atoms with Crippen molar-refractivity contribution < 1.29 is 38.0 Å². The van der Waals surface area contributed by atoms with Crippen LogP contribution in [0.25, 0.3) is 0 Å². The van der Waals surface area contributed by atoms with E-state index < -0.39 is 11.9 Å². The summed E-state index contributed by atoms with van der Waals surface area (Å²) in [4.78, 5) is 11.9. The molecule has 256 valence electrons. The Kier molecular flexibility index (Phi) is 12.7. The largest absolute Gasteiger partial charge is 0.463 e. The Morgan fingerprint density at radius 2 is 0.956 bits per heavy atom. The summed E-state index contributed by atoms with van der Waals surface area (Å²) in [6.07, 6.45) is 27.8. The molecule has 9 unspecified atom stereocenters. The van der Waals surface area contributed by atoms with Crippen molar-refractivity contribution in [1.29, 1.82) is 0 Å². The van der Waals surface area contributed by atoms with E-state index in [0.717, 1.165) is 77.0 Å². The molecule has 3 saturated heterocycles. The van der Waals surface area contributed by atoms with Gasteiger partial charge in [0.1, 0.15) is 0 Å². The summed E-state index contributed by atoms with van der Waals surface area (Å²) in [5, 5.41) is 0. The number of fused-ring (bicyclic) bond motifs is 3. The molecule has 3 aliphatic heterocycles. The molecule has 0 aromatic rings. The molecule has 9 atom stereocenters. The van der Waals surface area contributed by atoms with Gasteiger partial charge in [-0.2, -0.15) is 0 Å². The first kappa shape index (κ1) is 33.9. The Morgan fingerprint density at radius 1 is 0.578 bits per heavy atom. The van der Waals surface area contributed by atoms with E-state index in [9.17, 15) is 4.79 Å². The number of rotatable bonds is 11. The Morgan fingerprint density at radius 3 is 1.33 bits per heavy atom. The zero-order valence-corrected chi connectivity index (χ0v) is 27.7. The molecule has 6 aliphatic rings. The van der Waals surface area contributed by atoms with Crippen molar-refractivity contribution in [2.45, 2.75) is 209 Å². The van der Waals surface area contributed by atoms with E-state index in [2.05, 4.69) is 6.58 Å². The van der Waals surface area contributed by atoms with Crippen LogP contribution in [0.15, 0.2) is 12.7 Å². The van der Waals surface area contributed by atoms with Crippen molar-refractivity contribution in [3.05, 3.63) is 12.7 Å². The van der Waals surface area contributed by atoms with Crippen LogP contribution < -0.4 is 0 Å². The van der Waals surface area contributed by atoms with Gasteiger partial charge in [0, 0.05) is 31.8 Å². The smallest absolute Gasteiger partial charge is 0.330 e. The molecule has 0 aromatic heterocycles. The van der Waals surface area contributed by atoms with E-state index >= 15 is 0 Å². The lowest BCUT2D eigenvalue weighted by Gasteiger charge is -2.41. The maximum Gasteiger partial charge on any atom is 0.330 e. The van der Waals surface area contributed by atoms with Crippen LogP contribution in [0.2, 0.25) is 0 Å². The van der Waals surface area contributed by atoms with Gasteiger partial charge in [0.05, 0.1) is 61.5 Å². The quantitative estimate of drug-likeness (QED) is 0.0748. The van der Waals surface area contributed by atoms with E-state index in [1.54, 1.807) is 0 Å². The Bertz CT molecular complexity index is 833. The Balaban J connectivity index is 1.23. The molecule has 3 heterocycles. The van der Waals surface area contributed by atoms with Gasteiger partial charge in [0.15, 0.2) is 0 Å². The summed E-state index contributed by atoms with van der Waals surface area (Å²) in [6.45, 7) is 3.84. The summed E-state index contributed by atoms with van der Waals surface area (Å²) in [7, 11) is 0. The third-order valence-corrected chi connectivity index (χ3v) is 10.9. The monoisotopic (exact) mass is 632 g/mol. The van der Waals surface area contributed by atoms with Gasteiger partial charge in [-0.15, -0.1) is 0 Å². The van der Waals surface area contributed by atoms with Crippen LogP contribution in [0.4, 0.5) is 0 Å². The van der Waals surface area contributed by atoms with Gasteiger partial charge in [-0.05, 0) is 44.9 Å². The van der Waals surface area contributed by atoms with Crippen molar-refractivity contribution in [3.63, 3.8) is 0 Å². The van der Waals surface area contributed by atoms with E-state index in [4.69, 9.17) is 33.2 Å². The fourth-order valence-corrected chi connectivity index (χ4v) is 8.13. The number of carbonyl (C=O) groups is 1. The van der Waals surface area contributed by atoms with Crippen LogP contribution in [-0.2, 0) is 38.0 Å². The predicted octanol–water partition coefficient (Wildman–Crippen LogP) is 7.84. The van der Waals surface area contributed by atoms with Crippen molar-refractivity contribution >= 4 is 5.97 Å². The molecular formula is C37H60O8. The van der Waals surface area contributed by atoms with E-state index in [1.807, 2.05) is 0 Å². The van der Waals surface area contributed by atoms with Gasteiger partial charge >= 0.3 is 5.97 Å². The first-order valence-electron chi connectivity index (χ1n) is 18.9. The van der Waals surface area contributed by atoms with Gasteiger partial charge < -0.3 is 33.2 Å². The van der Waals surface area contributed by atoms with Crippen molar-refractivity contribution in [2.75, 3.05) is 6.61 Å². The van der Waals surface area contributed by atoms with Crippen LogP contribution in [-0.4, -0.2) is 73.5 Å². The number of hydrogen-bond acceptors (Lipinski definition) is 8. The number of ether oxygens (including phenoxy) is 7.